The molecule has 0 unspecified atom stereocenters. The molecule has 4 aromatic rings. The normalized spacial score (nSPS) is 11.8. The van der Waals surface area contributed by atoms with E-state index in [4.69, 9.17) is 9.73 Å². The Hall–Kier alpha value is -4.59. The lowest BCUT2D eigenvalue weighted by atomic mass is 10.2. The number of aliphatic imine (C=N–C) groups is 1. The summed E-state index contributed by atoms with van der Waals surface area (Å²) < 4.78 is 8.95. The Bertz CT molecular complexity index is 1450. The van der Waals surface area contributed by atoms with Gasteiger partial charge in [0.1, 0.15) is 5.69 Å². The maximum Gasteiger partial charge on any atom is 0.337 e. The van der Waals surface area contributed by atoms with Gasteiger partial charge in [-0.2, -0.15) is 0 Å². The highest BCUT2D eigenvalue weighted by atomic mass is 16.5. The Balaban J connectivity index is 2.00. The van der Waals surface area contributed by atoms with Crippen molar-refractivity contribution >= 4 is 23.6 Å². The first-order chi connectivity index (χ1) is 16.4. The molecule has 0 saturated heterocycles. The fourth-order valence-electron chi connectivity index (χ4n) is 3.63. The third-order valence-electron chi connectivity index (χ3n) is 5.48. The first-order valence-electron chi connectivity index (χ1n) is 10.5. The van der Waals surface area contributed by atoms with Gasteiger partial charge in [0.2, 0.25) is 0 Å². The summed E-state index contributed by atoms with van der Waals surface area (Å²) in [6.07, 6.45) is 1.54. The quantitative estimate of drug-likeness (QED) is 0.417. The molecule has 0 atom stereocenters. The lowest BCUT2D eigenvalue weighted by Gasteiger charge is -2.09. The molecule has 0 aliphatic carbocycles. The molecule has 1 heterocycles. The minimum atomic E-state index is -1.07. The molecule has 1 aromatic heterocycles. The molecule has 34 heavy (non-hydrogen) atoms. The first kappa shape index (κ1) is 22.6. The zero-order valence-corrected chi connectivity index (χ0v) is 19.0. The Morgan fingerprint density at radius 1 is 1.00 bits per heavy atom. The monoisotopic (exact) mass is 456 g/mol. The highest BCUT2D eigenvalue weighted by Gasteiger charge is 2.16. The van der Waals surface area contributed by atoms with Crippen LogP contribution in [0.2, 0.25) is 0 Å². The van der Waals surface area contributed by atoms with E-state index < -0.39 is 5.97 Å². The highest BCUT2D eigenvalue weighted by Crippen LogP contribution is 2.29. The number of nitrogens with zero attached hydrogens (tertiary/aromatic N) is 4. The van der Waals surface area contributed by atoms with Crippen molar-refractivity contribution in [3.8, 4) is 17.2 Å². The second-order valence-electron chi connectivity index (χ2n) is 7.52. The number of aromatic carboxylic acids is 1. The number of methoxy groups -OCH3 is 1. The molecular formula is C26H24N4O4. The number of phenolic OH excluding ortho intramolecular Hbond substituents is 1. The van der Waals surface area contributed by atoms with Gasteiger partial charge in [0.05, 0.1) is 29.7 Å². The molecule has 0 bridgehead atoms. The first-order valence-corrected chi connectivity index (χ1v) is 10.5. The molecule has 0 fully saturated rings. The SMILES string of the molecule is COc1cccc(C=Nc2c(C)n(C)n(-c3ccccc3)c2=Nc2ccccc2C(=O)O)c1O. The molecule has 3 aromatic carbocycles. The minimum absolute atomic E-state index is 0.0204. The fraction of sp³-hybridized carbons (Fsp3) is 0.115. The van der Waals surface area contributed by atoms with E-state index in [9.17, 15) is 15.0 Å². The average Bonchev–Trinajstić information content (AvgIpc) is 3.08. The number of hydrogen-bond acceptors (Lipinski definition) is 5. The number of carboxylic acid groups (broad SMARTS) is 1. The standard InChI is InChI=1S/C26H24N4O4/c1-17-23(27-16-18-10-9-15-22(34-3)24(18)31)25(28-21-14-8-7-13-20(21)26(32)33)30(29(17)2)19-11-5-4-6-12-19/h4-16,31H,1-3H3,(H,32,33). The van der Waals surface area contributed by atoms with Crippen molar-refractivity contribution in [1.82, 2.24) is 9.36 Å². The van der Waals surface area contributed by atoms with E-state index >= 15 is 0 Å². The lowest BCUT2D eigenvalue weighted by molar-refractivity contribution is 0.0698. The van der Waals surface area contributed by atoms with E-state index in [-0.39, 0.29) is 11.3 Å². The van der Waals surface area contributed by atoms with Gasteiger partial charge >= 0.3 is 5.97 Å². The summed E-state index contributed by atoms with van der Waals surface area (Å²) in [7, 11) is 3.36. The van der Waals surface area contributed by atoms with Gasteiger partial charge in [-0.15, -0.1) is 0 Å². The Morgan fingerprint density at radius 2 is 1.71 bits per heavy atom. The maximum atomic E-state index is 11.8. The fourth-order valence-corrected chi connectivity index (χ4v) is 3.63. The van der Waals surface area contributed by atoms with Crippen LogP contribution >= 0.6 is 0 Å². The van der Waals surface area contributed by atoms with Crippen LogP contribution in [-0.4, -0.2) is 38.9 Å². The number of ether oxygens (including phenoxy) is 1. The van der Waals surface area contributed by atoms with E-state index in [1.165, 1.54) is 19.4 Å². The number of phenols is 1. The summed E-state index contributed by atoms with van der Waals surface area (Å²) in [4.78, 5) is 21.2. The van der Waals surface area contributed by atoms with Gasteiger partial charge in [-0.1, -0.05) is 36.4 Å². The number of rotatable bonds is 6. The number of aromatic nitrogens is 2. The van der Waals surface area contributed by atoms with Gasteiger partial charge in [-0.3, -0.25) is 9.67 Å². The van der Waals surface area contributed by atoms with Crippen LogP contribution in [0.15, 0.2) is 82.8 Å². The van der Waals surface area contributed by atoms with Crippen LogP contribution in [0.5, 0.6) is 11.5 Å². The van der Waals surface area contributed by atoms with E-state index in [2.05, 4.69) is 4.99 Å². The second kappa shape index (κ2) is 9.50. The molecular weight excluding hydrogens is 432 g/mol. The molecule has 2 N–H and O–H groups in total. The van der Waals surface area contributed by atoms with Crippen LogP contribution in [0, 0.1) is 6.92 Å². The van der Waals surface area contributed by atoms with Crippen molar-refractivity contribution in [2.24, 2.45) is 17.0 Å². The molecule has 0 radical (unpaired) electrons. The summed E-state index contributed by atoms with van der Waals surface area (Å²) in [5.74, 6) is -0.744. The van der Waals surface area contributed by atoms with Crippen molar-refractivity contribution in [2.75, 3.05) is 7.11 Å². The van der Waals surface area contributed by atoms with E-state index in [0.29, 0.717) is 28.2 Å². The van der Waals surface area contributed by atoms with Gasteiger partial charge < -0.3 is 14.9 Å². The zero-order valence-electron chi connectivity index (χ0n) is 19.0. The molecule has 0 aliphatic rings. The summed E-state index contributed by atoms with van der Waals surface area (Å²) in [6, 6.07) is 21.3. The van der Waals surface area contributed by atoms with Crippen molar-refractivity contribution < 1.29 is 19.7 Å². The van der Waals surface area contributed by atoms with Crippen LogP contribution in [-0.2, 0) is 7.05 Å². The predicted molar refractivity (Wildman–Crippen MR) is 130 cm³/mol. The zero-order chi connectivity index (χ0) is 24.2. The topological polar surface area (TPSA) is 101 Å². The van der Waals surface area contributed by atoms with Gasteiger partial charge in [-0.05, 0) is 43.3 Å². The third-order valence-corrected chi connectivity index (χ3v) is 5.48. The summed E-state index contributed by atoms with van der Waals surface area (Å²) in [5, 5.41) is 20.1. The average molecular weight is 457 g/mol. The number of aromatic hydroxyl groups is 1. The molecule has 172 valence electrons. The third kappa shape index (κ3) is 4.21. The largest absolute Gasteiger partial charge is 0.504 e. The number of benzene rings is 3. The van der Waals surface area contributed by atoms with E-state index in [1.807, 2.05) is 53.7 Å². The number of carbonyl (C=O) groups is 1. The smallest absolute Gasteiger partial charge is 0.337 e. The predicted octanol–water partition coefficient (Wildman–Crippen LogP) is 4.52. The van der Waals surface area contributed by atoms with Gasteiger partial charge in [-0.25, -0.2) is 14.5 Å². The Labute approximate surface area is 196 Å². The van der Waals surface area contributed by atoms with Crippen molar-refractivity contribution in [3.63, 3.8) is 0 Å². The molecule has 8 nitrogen and oxygen atoms in total. The highest BCUT2D eigenvalue weighted by molar-refractivity contribution is 5.93. The van der Waals surface area contributed by atoms with Crippen LogP contribution < -0.4 is 10.2 Å². The summed E-state index contributed by atoms with van der Waals surface area (Å²) >= 11 is 0. The van der Waals surface area contributed by atoms with E-state index in [1.54, 1.807) is 36.4 Å². The minimum Gasteiger partial charge on any atom is -0.504 e. The van der Waals surface area contributed by atoms with Gasteiger partial charge in [0, 0.05) is 18.8 Å². The van der Waals surface area contributed by atoms with Crippen molar-refractivity contribution in [1.29, 1.82) is 0 Å². The molecule has 0 amide bonds. The van der Waals surface area contributed by atoms with Crippen LogP contribution in [0.4, 0.5) is 11.4 Å². The molecule has 0 saturated carbocycles. The summed E-state index contributed by atoms with van der Waals surface area (Å²) in [5.41, 5.74) is 3.51. The second-order valence-corrected chi connectivity index (χ2v) is 7.52. The number of carboxylic acids is 1. The molecule has 0 spiro atoms. The maximum absolute atomic E-state index is 11.8. The van der Waals surface area contributed by atoms with Gasteiger partial charge in [0.25, 0.3) is 0 Å². The van der Waals surface area contributed by atoms with Crippen LogP contribution in [0.1, 0.15) is 21.6 Å². The summed E-state index contributed by atoms with van der Waals surface area (Å²) in [6.45, 7) is 1.90. The molecule has 4 rings (SSSR count). The van der Waals surface area contributed by atoms with Crippen molar-refractivity contribution in [2.45, 2.75) is 6.92 Å². The Kier molecular flexibility index (Phi) is 6.31. The number of para-hydroxylation sites is 3. The Morgan fingerprint density at radius 3 is 2.41 bits per heavy atom. The molecule has 8 heteroatoms. The number of hydrogen-bond donors (Lipinski definition) is 2. The van der Waals surface area contributed by atoms with Crippen LogP contribution in [0.25, 0.3) is 5.69 Å². The van der Waals surface area contributed by atoms with Crippen molar-refractivity contribution in [3.05, 3.63) is 95.1 Å². The van der Waals surface area contributed by atoms with E-state index in [0.717, 1.165) is 11.4 Å². The van der Waals surface area contributed by atoms with Crippen LogP contribution in [0.3, 0.4) is 0 Å². The van der Waals surface area contributed by atoms with Gasteiger partial charge in [0.15, 0.2) is 17.0 Å². The molecule has 0 aliphatic heterocycles. The lowest BCUT2D eigenvalue weighted by Crippen LogP contribution is -2.21.